The van der Waals surface area contributed by atoms with Gasteiger partial charge in [0.2, 0.25) is 0 Å². The van der Waals surface area contributed by atoms with Gasteiger partial charge in [-0.15, -0.1) is 0 Å². The van der Waals surface area contributed by atoms with E-state index in [2.05, 4.69) is 17.3 Å². The Morgan fingerprint density at radius 3 is 2.75 bits per heavy atom. The molecule has 20 heavy (non-hydrogen) atoms. The Hall–Kier alpha value is -1.30. The number of urea groups is 1. The molecule has 2 atom stereocenters. The van der Waals surface area contributed by atoms with E-state index in [1.54, 1.807) is 0 Å². The first-order valence-electron chi connectivity index (χ1n) is 7.38. The zero-order valence-corrected chi connectivity index (χ0v) is 12.8. The summed E-state index contributed by atoms with van der Waals surface area (Å²) in [4.78, 5) is 26.7. The molecule has 0 bridgehead atoms. The topological polar surface area (TPSA) is 72.9 Å². The van der Waals surface area contributed by atoms with Gasteiger partial charge in [-0.3, -0.25) is 4.79 Å². The number of hydrogen-bond donors (Lipinski definition) is 2. The van der Waals surface area contributed by atoms with Crippen molar-refractivity contribution in [2.75, 3.05) is 33.2 Å². The van der Waals surface area contributed by atoms with E-state index >= 15 is 0 Å². The number of nitrogens with zero attached hydrogens (tertiary/aromatic N) is 2. The number of hydrogen-bond acceptors (Lipinski definition) is 3. The van der Waals surface area contributed by atoms with E-state index in [1.807, 2.05) is 13.8 Å². The number of carboxylic acid groups (broad SMARTS) is 1. The zero-order chi connectivity index (χ0) is 15.1. The smallest absolute Gasteiger partial charge is 0.323 e. The molecule has 116 valence electrons. The van der Waals surface area contributed by atoms with Gasteiger partial charge in [0.15, 0.2) is 0 Å². The van der Waals surface area contributed by atoms with Gasteiger partial charge in [0.25, 0.3) is 0 Å². The van der Waals surface area contributed by atoms with Crippen LogP contribution in [0.4, 0.5) is 4.79 Å². The lowest BCUT2D eigenvalue weighted by Crippen LogP contribution is -2.49. The first kappa shape index (κ1) is 16.8. The van der Waals surface area contributed by atoms with Crippen LogP contribution in [0.3, 0.4) is 0 Å². The SMILES string of the molecule is CCC(C)N(CC(=O)O)C(=O)NCC1CCCN(C)C1. The molecule has 0 aliphatic carbocycles. The molecule has 0 aromatic carbocycles. The maximum Gasteiger partial charge on any atom is 0.323 e. The van der Waals surface area contributed by atoms with Crippen LogP contribution in [0.25, 0.3) is 0 Å². The van der Waals surface area contributed by atoms with Gasteiger partial charge in [-0.2, -0.15) is 0 Å². The molecule has 0 spiro atoms. The van der Waals surface area contributed by atoms with E-state index in [1.165, 1.54) is 4.90 Å². The predicted octanol–water partition coefficient (Wildman–Crippen LogP) is 1.22. The molecule has 0 aromatic rings. The van der Waals surface area contributed by atoms with E-state index in [9.17, 15) is 9.59 Å². The van der Waals surface area contributed by atoms with Crippen molar-refractivity contribution >= 4 is 12.0 Å². The van der Waals surface area contributed by atoms with Gasteiger partial charge in [-0.1, -0.05) is 6.92 Å². The van der Waals surface area contributed by atoms with Crippen molar-refractivity contribution in [2.45, 2.75) is 39.2 Å². The molecule has 0 radical (unpaired) electrons. The summed E-state index contributed by atoms with van der Waals surface area (Å²) >= 11 is 0. The van der Waals surface area contributed by atoms with E-state index in [4.69, 9.17) is 5.11 Å². The van der Waals surface area contributed by atoms with Crippen LogP contribution in [0.5, 0.6) is 0 Å². The molecule has 1 aliphatic rings. The molecule has 6 nitrogen and oxygen atoms in total. The summed E-state index contributed by atoms with van der Waals surface area (Å²) in [7, 11) is 2.09. The lowest BCUT2D eigenvalue weighted by molar-refractivity contribution is -0.138. The Kier molecular flexibility index (Phi) is 6.78. The lowest BCUT2D eigenvalue weighted by Gasteiger charge is -2.31. The van der Waals surface area contributed by atoms with Crippen molar-refractivity contribution in [3.63, 3.8) is 0 Å². The second-order valence-corrected chi connectivity index (χ2v) is 5.74. The molecule has 2 N–H and O–H groups in total. The van der Waals surface area contributed by atoms with Crippen LogP contribution in [-0.2, 0) is 4.79 Å². The highest BCUT2D eigenvalue weighted by atomic mass is 16.4. The third-order valence-corrected chi connectivity index (χ3v) is 3.95. The Labute approximate surface area is 121 Å². The standard InChI is InChI=1S/C14H27N3O3/c1-4-11(2)17(10-13(18)19)14(20)15-8-12-6-5-7-16(3)9-12/h11-12H,4-10H2,1-3H3,(H,15,20)(H,18,19). The fraction of sp³-hybridized carbons (Fsp3) is 0.857. The Balaban J connectivity index is 2.46. The first-order valence-corrected chi connectivity index (χ1v) is 7.38. The summed E-state index contributed by atoms with van der Waals surface area (Å²) in [6.45, 7) is 6.30. The molecule has 0 aromatic heterocycles. The van der Waals surface area contributed by atoms with Gasteiger partial charge in [0, 0.05) is 19.1 Å². The number of likely N-dealkylation sites (tertiary alicyclic amines) is 1. The van der Waals surface area contributed by atoms with Crippen LogP contribution < -0.4 is 5.32 Å². The number of carbonyl (C=O) groups excluding carboxylic acids is 1. The fourth-order valence-electron chi connectivity index (χ4n) is 2.57. The number of carboxylic acids is 1. The highest BCUT2D eigenvalue weighted by Gasteiger charge is 2.23. The van der Waals surface area contributed by atoms with Gasteiger partial charge in [0.1, 0.15) is 6.54 Å². The van der Waals surface area contributed by atoms with Crippen LogP contribution in [0.15, 0.2) is 0 Å². The molecule has 0 saturated carbocycles. The van der Waals surface area contributed by atoms with Crippen molar-refractivity contribution in [1.29, 1.82) is 0 Å². The molecular formula is C14H27N3O3. The molecule has 6 heteroatoms. The van der Waals surface area contributed by atoms with Crippen LogP contribution in [0, 0.1) is 5.92 Å². The summed E-state index contributed by atoms with van der Waals surface area (Å²) in [5.74, 6) is -0.515. The van der Waals surface area contributed by atoms with Gasteiger partial charge in [-0.05, 0) is 45.7 Å². The minimum atomic E-state index is -0.974. The summed E-state index contributed by atoms with van der Waals surface area (Å²) in [6, 6.07) is -0.338. The number of carbonyl (C=O) groups is 2. The fourth-order valence-corrected chi connectivity index (χ4v) is 2.57. The van der Waals surface area contributed by atoms with E-state index in [0.29, 0.717) is 12.5 Å². The molecular weight excluding hydrogens is 258 g/mol. The monoisotopic (exact) mass is 285 g/mol. The van der Waals surface area contributed by atoms with Crippen LogP contribution >= 0.6 is 0 Å². The molecule has 1 rings (SSSR count). The van der Waals surface area contributed by atoms with Crippen molar-refractivity contribution < 1.29 is 14.7 Å². The average molecular weight is 285 g/mol. The number of amides is 2. The number of rotatable bonds is 6. The highest BCUT2D eigenvalue weighted by Crippen LogP contribution is 2.14. The van der Waals surface area contributed by atoms with E-state index in [0.717, 1.165) is 32.4 Å². The first-order chi connectivity index (χ1) is 9.43. The van der Waals surface area contributed by atoms with E-state index < -0.39 is 5.97 Å². The number of aliphatic carboxylic acids is 1. The van der Waals surface area contributed by atoms with Crippen LogP contribution in [0.2, 0.25) is 0 Å². The van der Waals surface area contributed by atoms with Gasteiger partial charge in [-0.25, -0.2) is 4.79 Å². The molecule has 1 fully saturated rings. The Bertz CT molecular complexity index is 336. The normalized spacial score (nSPS) is 21.2. The quantitative estimate of drug-likeness (QED) is 0.769. The van der Waals surface area contributed by atoms with E-state index in [-0.39, 0.29) is 18.6 Å². The molecule has 1 heterocycles. The number of piperidine rings is 1. The van der Waals surface area contributed by atoms with Gasteiger partial charge < -0.3 is 20.2 Å². The summed E-state index contributed by atoms with van der Waals surface area (Å²) in [6.07, 6.45) is 3.01. The molecule has 1 saturated heterocycles. The minimum Gasteiger partial charge on any atom is -0.480 e. The Morgan fingerprint density at radius 1 is 1.50 bits per heavy atom. The second-order valence-electron chi connectivity index (χ2n) is 5.74. The van der Waals surface area contributed by atoms with Gasteiger partial charge in [0.05, 0.1) is 0 Å². The Morgan fingerprint density at radius 2 is 2.20 bits per heavy atom. The van der Waals surface area contributed by atoms with Crippen molar-refractivity contribution in [1.82, 2.24) is 15.1 Å². The largest absolute Gasteiger partial charge is 0.480 e. The maximum absolute atomic E-state index is 12.1. The summed E-state index contributed by atoms with van der Waals surface area (Å²) in [5.41, 5.74) is 0. The van der Waals surface area contributed by atoms with Crippen LogP contribution in [-0.4, -0.2) is 66.2 Å². The number of nitrogens with one attached hydrogen (secondary N) is 1. The lowest BCUT2D eigenvalue weighted by atomic mass is 9.98. The average Bonchev–Trinajstić information content (AvgIpc) is 2.41. The molecule has 2 unspecified atom stereocenters. The predicted molar refractivity (Wildman–Crippen MR) is 77.7 cm³/mol. The third kappa shape index (κ3) is 5.36. The maximum atomic E-state index is 12.1. The highest BCUT2D eigenvalue weighted by molar-refractivity contribution is 5.80. The van der Waals surface area contributed by atoms with Crippen molar-refractivity contribution in [3.05, 3.63) is 0 Å². The van der Waals surface area contributed by atoms with Crippen LogP contribution in [0.1, 0.15) is 33.1 Å². The molecule has 1 aliphatic heterocycles. The van der Waals surface area contributed by atoms with Crippen molar-refractivity contribution in [3.8, 4) is 0 Å². The molecule has 2 amide bonds. The van der Waals surface area contributed by atoms with Gasteiger partial charge >= 0.3 is 12.0 Å². The minimum absolute atomic E-state index is 0.0693. The summed E-state index contributed by atoms with van der Waals surface area (Å²) < 4.78 is 0. The zero-order valence-electron chi connectivity index (χ0n) is 12.8. The summed E-state index contributed by atoms with van der Waals surface area (Å²) in [5, 5.41) is 11.8. The van der Waals surface area contributed by atoms with Crippen molar-refractivity contribution in [2.24, 2.45) is 5.92 Å². The second kappa shape index (κ2) is 8.09. The third-order valence-electron chi connectivity index (χ3n) is 3.95.